The fraction of sp³-hybridized carbons (Fsp3) is 0.182. The number of ether oxygens (including phenoxy) is 1. The SMILES string of the molecule is COc1ccc(N)c(SCc2nccs2)c1. The van der Waals surface area contributed by atoms with Crippen molar-refractivity contribution in [2.45, 2.75) is 10.6 Å². The van der Waals surface area contributed by atoms with Crippen LogP contribution in [0, 0.1) is 0 Å². The number of aromatic nitrogens is 1. The molecule has 0 aliphatic carbocycles. The van der Waals surface area contributed by atoms with Gasteiger partial charge in [-0.3, -0.25) is 0 Å². The van der Waals surface area contributed by atoms with Gasteiger partial charge in [0.1, 0.15) is 10.8 Å². The van der Waals surface area contributed by atoms with E-state index < -0.39 is 0 Å². The highest BCUT2D eigenvalue weighted by molar-refractivity contribution is 7.98. The number of thioether (sulfide) groups is 1. The molecule has 2 aromatic rings. The summed E-state index contributed by atoms with van der Waals surface area (Å²) < 4.78 is 5.16. The van der Waals surface area contributed by atoms with E-state index in [0.29, 0.717) is 0 Å². The van der Waals surface area contributed by atoms with Gasteiger partial charge in [-0.25, -0.2) is 4.98 Å². The fourth-order valence-electron chi connectivity index (χ4n) is 1.23. The molecule has 2 rings (SSSR count). The number of thiazole rings is 1. The number of anilines is 1. The normalized spacial score (nSPS) is 10.3. The Morgan fingerprint density at radius 3 is 3.06 bits per heavy atom. The number of nitrogen functional groups attached to an aromatic ring is 1. The summed E-state index contributed by atoms with van der Waals surface area (Å²) in [4.78, 5) is 5.27. The Kier molecular flexibility index (Phi) is 3.69. The highest BCUT2D eigenvalue weighted by atomic mass is 32.2. The molecule has 84 valence electrons. The quantitative estimate of drug-likeness (QED) is 0.671. The summed E-state index contributed by atoms with van der Waals surface area (Å²) >= 11 is 3.33. The van der Waals surface area contributed by atoms with Gasteiger partial charge in [0, 0.05) is 22.2 Å². The topological polar surface area (TPSA) is 48.1 Å². The molecule has 0 saturated carbocycles. The molecule has 0 bridgehead atoms. The molecule has 0 radical (unpaired) electrons. The number of nitrogens with zero attached hydrogens (tertiary/aromatic N) is 1. The van der Waals surface area contributed by atoms with Crippen LogP contribution in [0.15, 0.2) is 34.7 Å². The third kappa shape index (κ3) is 2.68. The Balaban J connectivity index is 2.08. The molecule has 3 nitrogen and oxygen atoms in total. The predicted octanol–water partition coefficient (Wildman–Crippen LogP) is 3.03. The average molecular weight is 252 g/mol. The third-order valence-electron chi connectivity index (χ3n) is 2.06. The molecule has 0 spiro atoms. The van der Waals surface area contributed by atoms with Gasteiger partial charge in [-0.2, -0.15) is 0 Å². The van der Waals surface area contributed by atoms with Crippen molar-refractivity contribution >= 4 is 28.8 Å². The van der Waals surface area contributed by atoms with E-state index in [1.54, 1.807) is 30.2 Å². The zero-order valence-corrected chi connectivity index (χ0v) is 10.5. The van der Waals surface area contributed by atoms with Crippen LogP contribution in [0.3, 0.4) is 0 Å². The average Bonchev–Trinajstić information content (AvgIpc) is 2.81. The summed E-state index contributed by atoms with van der Waals surface area (Å²) in [5, 5.41) is 3.08. The van der Waals surface area contributed by atoms with E-state index in [4.69, 9.17) is 10.5 Å². The number of hydrogen-bond acceptors (Lipinski definition) is 5. The summed E-state index contributed by atoms with van der Waals surface area (Å²) in [6, 6.07) is 5.68. The number of nitrogens with two attached hydrogens (primary N) is 1. The van der Waals surface area contributed by atoms with E-state index >= 15 is 0 Å². The molecule has 1 aromatic heterocycles. The van der Waals surface area contributed by atoms with Crippen molar-refractivity contribution in [2.24, 2.45) is 0 Å². The summed E-state index contributed by atoms with van der Waals surface area (Å²) in [5.41, 5.74) is 6.67. The second kappa shape index (κ2) is 5.23. The lowest BCUT2D eigenvalue weighted by Crippen LogP contribution is -1.91. The van der Waals surface area contributed by atoms with Gasteiger partial charge in [-0.1, -0.05) is 0 Å². The predicted molar refractivity (Wildman–Crippen MR) is 69.1 cm³/mol. The maximum Gasteiger partial charge on any atom is 0.120 e. The molecule has 0 atom stereocenters. The van der Waals surface area contributed by atoms with Crippen LogP contribution in [0.2, 0.25) is 0 Å². The van der Waals surface area contributed by atoms with E-state index in [1.807, 2.05) is 29.8 Å². The standard InChI is InChI=1S/C11H12N2OS2/c1-14-8-2-3-9(12)10(6-8)16-7-11-13-4-5-15-11/h2-6H,7,12H2,1H3. The Bertz CT molecular complexity index is 457. The fourth-order valence-corrected chi connectivity index (χ4v) is 2.87. The highest BCUT2D eigenvalue weighted by Crippen LogP contribution is 2.31. The lowest BCUT2D eigenvalue weighted by Gasteiger charge is -2.06. The van der Waals surface area contributed by atoms with E-state index in [1.165, 1.54) is 0 Å². The van der Waals surface area contributed by atoms with Gasteiger partial charge in [0.25, 0.3) is 0 Å². The minimum absolute atomic E-state index is 0.780. The minimum atomic E-state index is 0.780. The molecule has 1 heterocycles. The van der Waals surface area contributed by atoms with Gasteiger partial charge in [-0.15, -0.1) is 23.1 Å². The van der Waals surface area contributed by atoms with Crippen molar-refractivity contribution in [1.82, 2.24) is 4.98 Å². The van der Waals surface area contributed by atoms with Crippen molar-refractivity contribution in [3.05, 3.63) is 34.8 Å². The van der Waals surface area contributed by atoms with Gasteiger partial charge in [-0.05, 0) is 18.2 Å². The lowest BCUT2D eigenvalue weighted by atomic mass is 10.3. The van der Waals surface area contributed by atoms with Crippen LogP contribution < -0.4 is 10.5 Å². The van der Waals surface area contributed by atoms with Crippen LogP contribution in [0.1, 0.15) is 5.01 Å². The van der Waals surface area contributed by atoms with E-state index in [0.717, 1.165) is 27.1 Å². The van der Waals surface area contributed by atoms with Gasteiger partial charge in [0.05, 0.1) is 12.9 Å². The van der Waals surface area contributed by atoms with Crippen molar-refractivity contribution in [1.29, 1.82) is 0 Å². The summed E-state index contributed by atoms with van der Waals surface area (Å²) in [7, 11) is 1.65. The molecule has 0 saturated heterocycles. The zero-order valence-electron chi connectivity index (χ0n) is 8.84. The molecule has 0 amide bonds. The monoisotopic (exact) mass is 252 g/mol. The smallest absolute Gasteiger partial charge is 0.120 e. The number of benzene rings is 1. The maximum absolute atomic E-state index is 5.89. The molecule has 0 aliphatic heterocycles. The number of methoxy groups -OCH3 is 1. The molecular formula is C11H12N2OS2. The van der Waals surface area contributed by atoms with E-state index in [-0.39, 0.29) is 0 Å². The number of rotatable bonds is 4. The van der Waals surface area contributed by atoms with Crippen LogP contribution in [0.5, 0.6) is 5.75 Å². The summed E-state index contributed by atoms with van der Waals surface area (Å²) in [6.07, 6.45) is 1.81. The lowest BCUT2D eigenvalue weighted by molar-refractivity contribution is 0.414. The molecule has 1 aromatic carbocycles. The largest absolute Gasteiger partial charge is 0.497 e. The Labute approximate surface area is 103 Å². The van der Waals surface area contributed by atoms with E-state index in [9.17, 15) is 0 Å². The molecule has 5 heteroatoms. The van der Waals surface area contributed by atoms with Crippen LogP contribution in [-0.2, 0) is 5.75 Å². The van der Waals surface area contributed by atoms with Gasteiger partial charge in [0.2, 0.25) is 0 Å². The Morgan fingerprint density at radius 2 is 2.38 bits per heavy atom. The number of hydrogen-bond donors (Lipinski definition) is 1. The Hall–Kier alpha value is -1.20. The Morgan fingerprint density at radius 1 is 1.50 bits per heavy atom. The molecule has 16 heavy (non-hydrogen) atoms. The molecule has 0 aliphatic rings. The van der Waals surface area contributed by atoms with Gasteiger partial charge >= 0.3 is 0 Å². The van der Waals surface area contributed by atoms with Crippen molar-refractivity contribution < 1.29 is 4.74 Å². The van der Waals surface area contributed by atoms with E-state index in [2.05, 4.69) is 4.98 Å². The first-order chi connectivity index (χ1) is 7.79. The van der Waals surface area contributed by atoms with Crippen LogP contribution in [0.25, 0.3) is 0 Å². The maximum atomic E-state index is 5.89. The second-order valence-corrected chi connectivity index (χ2v) is 5.11. The first-order valence-electron chi connectivity index (χ1n) is 4.74. The molecule has 0 unspecified atom stereocenters. The van der Waals surface area contributed by atoms with Crippen LogP contribution in [-0.4, -0.2) is 12.1 Å². The summed E-state index contributed by atoms with van der Waals surface area (Å²) in [5.74, 6) is 1.67. The summed E-state index contributed by atoms with van der Waals surface area (Å²) in [6.45, 7) is 0. The molecule has 2 N–H and O–H groups in total. The second-order valence-electron chi connectivity index (χ2n) is 3.12. The van der Waals surface area contributed by atoms with Crippen molar-refractivity contribution in [2.75, 3.05) is 12.8 Å². The van der Waals surface area contributed by atoms with Crippen LogP contribution in [0.4, 0.5) is 5.69 Å². The van der Waals surface area contributed by atoms with Gasteiger partial charge < -0.3 is 10.5 Å². The van der Waals surface area contributed by atoms with Crippen molar-refractivity contribution in [3.8, 4) is 5.75 Å². The van der Waals surface area contributed by atoms with Crippen molar-refractivity contribution in [3.63, 3.8) is 0 Å². The molecule has 0 fully saturated rings. The first kappa shape index (κ1) is 11.3. The van der Waals surface area contributed by atoms with Crippen LogP contribution >= 0.6 is 23.1 Å². The third-order valence-corrected chi connectivity index (χ3v) is 4.10. The molecular weight excluding hydrogens is 240 g/mol. The highest BCUT2D eigenvalue weighted by Gasteiger charge is 2.04. The van der Waals surface area contributed by atoms with Gasteiger partial charge in [0.15, 0.2) is 0 Å². The first-order valence-corrected chi connectivity index (χ1v) is 6.61. The minimum Gasteiger partial charge on any atom is -0.497 e. The zero-order chi connectivity index (χ0) is 11.4.